The molecule has 0 amide bonds. The summed E-state index contributed by atoms with van der Waals surface area (Å²) in [5.41, 5.74) is 2.39. The Morgan fingerprint density at radius 2 is 2.00 bits per heavy atom. The van der Waals surface area contributed by atoms with Crippen molar-refractivity contribution >= 4 is 17.6 Å². The number of esters is 1. The van der Waals surface area contributed by atoms with E-state index in [2.05, 4.69) is 0 Å². The van der Waals surface area contributed by atoms with Crippen LogP contribution in [0.5, 0.6) is 5.75 Å². The highest BCUT2D eigenvalue weighted by Gasteiger charge is 2.06. The van der Waals surface area contributed by atoms with Crippen molar-refractivity contribution in [3.8, 4) is 5.75 Å². The molecular formula is C16H15ClO3. The SMILES string of the molecule is COC(=O)c1cccc(COc2ccc(Cl)cc2C)c1. The summed E-state index contributed by atoms with van der Waals surface area (Å²) in [5.74, 6) is 0.424. The first-order valence-electron chi connectivity index (χ1n) is 6.16. The van der Waals surface area contributed by atoms with Crippen molar-refractivity contribution in [2.24, 2.45) is 0 Å². The van der Waals surface area contributed by atoms with E-state index in [-0.39, 0.29) is 5.97 Å². The minimum Gasteiger partial charge on any atom is -0.489 e. The predicted molar refractivity (Wildman–Crippen MR) is 78.3 cm³/mol. The first-order chi connectivity index (χ1) is 9.60. The topological polar surface area (TPSA) is 35.5 Å². The molecule has 20 heavy (non-hydrogen) atoms. The molecule has 0 atom stereocenters. The van der Waals surface area contributed by atoms with Gasteiger partial charge < -0.3 is 9.47 Å². The van der Waals surface area contributed by atoms with Crippen LogP contribution in [0.15, 0.2) is 42.5 Å². The third-order valence-electron chi connectivity index (χ3n) is 2.88. The van der Waals surface area contributed by atoms with Crippen LogP contribution in [0, 0.1) is 6.92 Å². The number of halogens is 1. The maximum absolute atomic E-state index is 11.5. The molecule has 0 fully saturated rings. The minimum absolute atomic E-state index is 0.352. The van der Waals surface area contributed by atoms with Crippen LogP contribution in [0.4, 0.5) is 0 Å². The molecule has 0 aliphatic rings. The Hall–Kier alpha value is -2.00. The molecule has 0 heterocycles. The molecule has 0 bridgehead atoms. The molecule has 0 spiro atoms. The van der Waals surface area contributed by atoms with Crippen molar-refractivity contribution in [1.82, 2.24) is 0 Å². The monoisotopic (exact) mass is 290 g/mol. The third kappa shape index (κ3) is 3.52. The van der Waals surface area contributed by atoms with Gasteiger partial charge >= 0.3 is 5.97 Å². The molecule has 4 heteroatoms. The maximum atomic E-state index is 11.5. The quantitative estimate of drug-likeness (QED) is 0.798. The number of benzene rings is 2. The van der Waals surface area contributed by atoms with E-state index in [1.807, 2.05) is 25.1 Å². The first-order valence-corrected chi connectivity index (χ1v) is 6.54. The van der Waals surface area contributed by atoms with E-state index in [4.69, 9.17) is 21.1 Å². The number of hydrogen-bond acceptors (Lipinski definition) is 3. The van der Waals surface area contributed by atoms with Crippen LogP contribution in [0.25, 0.3) is 0 Å². The van der Waals surface area contributed by atoms with Gasteiger partial charge in [0.2, 0.25) is 0 Å². The number of rotatable bonds is 4. The fourth-order valence-corrected chi connectivity index (χ4v) is 2.07. The van der Waals surface area contributed by atoms with Gasteiger partial charge in [-0.05, 0) is 48.4 Å². The molecule has 0 saturated carbocycles. The second kappa shape index (κ2) is 6.44. The molecule has 0 N–H and O–H groups in total. The van der Waals surface area contributed by atoms with Gasteiger partial charge in [0.25, 0.3) is 0 Å². The Labute approximate surface area is 123 Å². The van der Waals surface area contributed by atoms with Crippen LogP contribution in [0.1, 0.15) is 21.5 Å². The highest BCUT2D eigenvalue weighted by atomic mass is 35.5. The minimum atomic E-state index is -0.352. The maximum Gasteiger partial charge on any atom is 0.337 e. The van der Waals surface area contributed by atoms with Crippen molar-refractivity contribution in [3.63, 3.8) is 0 Å². The Kier molecular flexibility index (Phi) is 4.64. The molecule has 0 aliphatic carbocycles. The van der Waals surface area contributed by atoms with Crippen molar-refractivity contribution in [2.75, 3.05) is 7.11 Å². The van der Waals surface area contributed by atoms with Gasteiger partial charge in [0.15, 0.2) is 0 Å². The molecule has 0 saturated heterocycles. The van der Waals surface area contributed by atoms with E-state index < -0.39 is 0 Å². The van der Waals surface area contributed by atoms with Crippen LogP contribution in [0.2, 0.25) is 5.02 Å². The summed E-state index contributed by atoms with van der Waals surface area (Å²) in [6.07, 6.45) is 0. The Morgan fingerprint density at radius 3 is 2.70 bits per heavy atom. The average molecular weight is 291 g/mol. The molecule has 0 aliphatic heterocycles. The molecule has 0 aromatic heterocycles. The molecule has 2 aromatic carbocycles. The fourth-order valence-electron chi connectivity index (χ4n) is 1.84. The molecule has 0 radical (unpaired) electrons. The number of aryl methyl sites for hydroxylation is 1. The van der Waals surface area contributed by atoms with E-state index in [9.17, 15) is 4.79 Å². The van der Waals surface area contributed by atoms with Gasteiger partial charge in [-0.3, -0.25) is 0 Å². The van der Waals surface area contributed by atoms with E-state index >= 15 is 0 Å². The number of methoxy groups -OCH3 is 1. The van der Waals surface area contributed by atoms with Crippen molar-refractivity contribution in [3.05, 3.63) is 64.2 Å². The van der Waals surface area contributed by atoms with Gasteiger partial charge in [-0.2, -0.15) is 0 Å². The highest BCUT2D eigenvalue weighted by Crippen LogP contribution is 2.22. The lowest BCUT2D eigenvalue weighted by Gasteiger charge is -2.10. The van der Waals surface area contributed by atoms with Crippen molar-refractivity contribution in [1.29, 1.82) is 0 Å². The molecule has 0 unspecified atom stereocenters. The van der Waals surface area contributed by atoms with Crippen LogP contribution >= 0.6 is 11.6 Å². The Morgan fingerprint density at radius 1 is 1.20 bits per heavy atom. The van der Waals surface area contributed by atoms with E-state index in [0.717, 1.165) is 16.9 Å². The Bertz CT molecular complexity index is 623. The molecular weight excluding hydrogens is 276 g/mol. The van der Waals surface area contributed by atoms with Gasteiger partial charge in [0, 0.05) is 5.02 Å². The second-order valence-electron chi connectivity index (χ2n) is 4.39. The summed E-state index contributed by atoms with van der Waals surface area (Å²) in [6, 6.07) is 12.6. The van der Waals surface area contributed by atoms with Crippen LogP contribution in [-0.4, -0.2) is 13.1 Å². The highest BCUT2D eigenvalue weighted by molar-refractivity contribution is 6.30. The smallest absolute Gasteiger partial charge is 0.337 e. The first kappa shape index (κ1) is 14.4. The van der Waals surface area contributed by atoms with Crippen LogP contribution < -0.4 is 4.74 Å². The van der Waals surface area contributed by atoms with Gasteiger partial charge in [0.1, 0.15) is 12.4 Å². The zero-order chi connectivity index (χ0) is 14.5. The van der Waals surface area contributed by atoms with Gasteiger partial charge in [-0.1, -0.05) is 23.7 Å². The zero-order valence-corrected chi connectivity index (χ0v) is 12.1. The lowest BCUT2D eigenvalue weighted by Crippen LogP contribution is -2.03. The number of carbonyl (C=O) groups is 1. The summed E-state index contributed by atoms with van der Waals surface area (Å²) in [5, 5.41) is 0.683. The van der Waals surface area contributed by atoms with E-state index in [1.54, 1.807) is 24.3 Å². The van der Waals surface area contributed by atoms with Crippen LogP contribution in [-0.2, 0) is 11.3 Å². The summed E-state index contributed by atoms with van der Waals surface area (Å²) in [7, 11) is 1.36. The summed E-state index contributed by atoms with van der Waals surface area (Å²) >= 11 is 5.90. The van der Waals surface area contributed by atoms with E-state index in [0.29, 0.717) is 17.2 Å². The predicted octanol–water partition coefficient (Wildman–Crippen LogP) is 4.01. The molecule has 104 valence electrons. The van der Waals surface area contributed by atoms with Crippen LogP contribution in [0.3, 0.4) is 0 Å². The standard InChI is InChI=1S/C16H15ClO3/c1-11-8-14(17)6-7-15(11)20-10-12-4-3-5-13(9-12)16(18)19-2/h3-9H,10H2,1-2H3. The van der Waals surface area contributed by atoms with Gasteiger partial charge in [-0.25, -0.2) is 4.79 Å². The molecule has 2 rings (SSSR count). The largest absolute Gasteiger partial charge is 0.489 e. The summed E-state index contributed by atoms with van der Waals surface area (Å²) in [4.78, 5) is 11.5. The fraction of sp³-hybridized carbons (Fsp3) is 0.188. The third-order valence-corrected chi connectivity index (χ3v) is 3.11. The average Bonchev–Trinajstić information content (AvgIpc) is 2.46. The molecule has 3 nitrogen and oxygen atoms in total. The summed E-state index contributed by atoms with van der Waals surface area (Å²) < 4.78 is 10.4. The Balaban J connectivity index is 2.09. The zero-order valence-electron chi connectivity index (χ0n) is 11.4. The van der Waals surface area contributed by atoms with Crippen molar-refractivity contribution < 1.29 is 14.3 Å². The lowest BCUT2D eigenvalue weighted by molar-refractivity contribution is 0.0600. The normalized spacial score (nSPS) is 10.2. The number of carbonyl (C=O) groups excluding carboxylic acids is 1. The lowest BCUT2D eigenvalue weighted by atomic mass is 10.1. The number of hydrogen-bond donors (Lipinski definition) is 0. The van der Waals surface area contributed by atoms with Crippen molar-refractivity contribution in [2.45, 2.75) is 13.5 Å². The van der Waals surface area contributed by atoms with Gasteiger partial charge in [-0.15, -0.1) is 0 Å². The molecule has 2 aromatic rings. The second-order valence-corrected chi connectivity index (χ2v) is 4.83. The van der Waals surface area contributed by atoms with E-state index in [1.165, 1.54) is 7.11 Å². The summed E-state index contributed by atoms with van der Waals surface area (Å²) in [6.45, 7) is 2.32. The van der Waals surface area contributed by atoms with Gasteiger partial charge in [0.05, 0.1) is 12.7 Å². The number of ether oxygens (including phenoxy) is 2.